The summed E-state index contributed by atoms with van der Waals surface area (Å²) < 4.78 is 13.1. The fourth-order valence-corrected chi connectivity index (χ4v) is 1.83. The van der Waals surface area contributed by atoms with Crippen molar-refractivity contribution in [3.8, 4) is 5.75 Å². The molecule has 0 aliphatic carbocycles. The van der Waals surface area contributed by atoms with E-state index in [0.717, 1.165) is 17.7 Å². The molecule has 0 aromatic heterocycles. The third kappa shape index (κ3) is 3.71. The first-order valence-electron chi connectivity index (χ1n) is 6.17. The number of carbonyl (C=O) groups excluding carboxylic acids is 1. The molecule has 0 fully saturated rings. The predicted molar refractivity (Wildman–Crippen MR) is 75.0 cm³/mol. The Morgan fingerprint density at radius 2 is 1.90 bits per heavy atom. The minimum absolute atomic E-state index is 0.202. The molecule has 0 atom stereocenters. The Kier molecular flexibility index (Phi) is 4.20. The van der Waals surface area contributed by atoms with Crippen molar-refractivity contribution in [1.82, 2.24) is 5.32 Å². The summed E-state index contributed by atoms with van der Waals surface area (Å²) in [5.74, 6) is -0.698. The van der Waals surface area contributed by atoms with E-state index in [1.807, 2.05) is 0 Å². The van der Waals surface area contributed by atoms with E-state index in [2.05, 4.69) is 5.32 Å². The van der Waals surface area contributed by atoms with Gasteiger partial charge in [-0.3, -0.25) is 4.79 Å². The smallest absolute Gasteiger partial charge is 0.251 e. The second-order valence-electron chi connectivity index (χ2n) is 4.45. The zero-order valence-electron chi connectivity index (χ0n) is 10.8. The molecule has 2 aromatic rings. The molecule has 4 N–H and O–H groups in total. The molecule has 0 saturated heterocycles. The highest BCUT2D eigenvalue weighted by Gasteiger charge is 2.07. The van der Waals surface area contributed by atoms with E-state index < -0.39 is 5.82 Å². The second-order valence-corrected chi connectivity index (χ2v) is 4.45. The maximum absolute atomic E-state index is 13.1. The Morgan fingerprint density at radius 3 is 2.55 bits per heavy atom. The summed E-state index contributed by atoms with van der Waals surface area (Å²) in [6, 6.07) is 10.5. The summed E-state index contributed by atoms with van der Waals surface area (Å²) in [6.45, 7) is 0.417. The van der Waals surface area contributed by atoms with Crippen LogP contribution in [-0.4, -0.2) is 17.6 Å². The van der Waals surface area contributed by atoms with Crippen molar-refractivity contribution in [3.63, 3.8) is 0 Å². The van der Waals surface area contributed by atoms with Gasteiger partial charge in [0, 0.05) is 17.8 Å². The SMILES string of the molecule is Nc1cc(F)cc(C(=O)NCCc2ccc(O)cc2)c1. The molecule has 5 heteroatoms. The molecule has 0 spiro atoms. The number of hydrogen-bond acceptors (Lipinski definition) is 3. The lowest BCUT2D eigenvalue weighted by Gasteiger charge is -2.06. The van der Waals surface area contributed by atoms with Crippen molar-refractivity contribution < 1.29 is 14.3 Å². The quantitative estimate of drug-likeness (QED) is 0.747. The summed E-state index contributed by atoms with van der Waals surface area (Å²) in [5, 5.41) is 11.8. The minimum atomic E-state index is -0.534. The molecule has 2 aromatic carbocycles. The number of nitrogen functional groups attached to an aromatic ring is 1. The number of aromatic hydroxyl groups is 1. The fourth-order valence-electron chi connectivity index (χ4n) is 1.83. The maximum Gasteiger partial charge on any atom is 0.251 e. The third-order valence-electron chi connectivity index (χ3n) is 2.82. The first-order chi connectivity index (χ1) is 9.54. The molecule has 0 saturated carbocycles. The van der Waals surface area contributed by atoms with Gasteiger partial charge < -0.3 is 16.2 Å². The molecule has 0 heterocycles. The third-order valence-corrected chi connectivity index (χ3v) is 2.82. The molecule has 20 heavy (non-hydrogen) atoms. The van der Waals surface area contributed by atoms with Crippen molar-refractivity contribution >= 4 is 11.6 Å². The van der Waals surface area contributed by atoms with E-state index in [4.69, 9.17) is 10.8 Å². The van der Waals surface area contributed by atoms with E-state index in [1.165, 1.54) is 6.07 Å². The van der Waals surface area contributed by atoms with Crippen LogP contribution >= 0.6 is 0 Å². The maximum atomic E-state index is 13.1. The molecule has 1 amide bonds. The van der Waals surface area contributed by atoms with Gasteiger partial charge >= 0.3 is 0 Å². The fraction of sp³-hybridized carbons (Fsp3) is 0.133. The number of carbonyl (C=O) groups is 1. The van der Waals surface area contributed by atoms with Crippen LogP contribution in [0.2, 0.25) is 0 Å². The number of amides is 1. The molecular weight excluding hydrogens is 259 g/mol. The summed E-state index contributed by atoms with van der Waals surface area (Å²) in [7, 11) is 0. The van der Waals surface area contributed by atoms with E-state index >= 15 is 0 Å². The lowest BCUT2D eigenvalue weighted by atomic mass is 10.1. The second kappa shape index (κ2) is 6.06. The van der Waals surface area contributed by atoms with Crippen LogP contribution in [-0.2, 0) is 6.42 Å². The Balaban J connectivity index is 1.90. The number of phenols is 1. The Morgan fingerprint density at radius 1 is 1.20 bits per heavy atom. The van der Waals surface area contributed by atoms with Crippen molar-refractivity contribution in [3.05, 3.63) is 59.4 Å². The van der Waals surface area contributed by atoms with Crippen molar-refractivity contribution in [2.24, 2.45) is 0 Å². The van der Waals surface area contributed by atoms with Crippen LogP contribution in [0.15, 0.2) is 42.5 Å². The molecule has 0 radical (unpaired) electrons. The predicted octanol–water partition coefficient (Wildman–Crippen LogP) is 2.09. The molecular formula is C15H15FN2O2. The lowest BCUT2D eigenvalue weighted by Crippen LogP contribution is -2.25. The van der Waals surface area contributed by atoms with Gasteiger partial charge in [-0.2, -0.15) is 0 Å². The van der Waals surface area contributed by atoms with Gasteiger partial charge in [0.05, 0.1) is 0 Å². The van der Waals surface area contributed by atoms with Gasteiger partial charge in [0.1, 0.15) is 11.6 Å². The average Bonchev–Trinajstić information content (AvgIpc) is 2.40. The van der Waals surface area contributed by atoms with Gasteiger partial charge in [-0.05, 0) is 42.3 Å². The summed E-state index contributed by atoms with van der Waals surface area (Å²) in [5.41, 5.74) is 6.89. The number of nitrogens with one attached hydrogen (secondary N) is 1. The zero-order valence-corrected chi connectivity index (χ0v) is 10.8. The monoisotopic (exact) mass is 274 g/mol. The van der Waals surface area contributed by atoms with E-state index in [0.29, 0.717) is 13.0 Å². The van der Waals surface area contributed by atoms with E-state index in [-0.39, 0.29) is 22.9 Å². The lowest BCUT2D eigenvalue weighted by molar-refractivity contribution is 0.0953. The van der Waals surface area contributed by atoms with Gasteiger partial charge in [0.25, 0.3) is 5.91 Å². The molecule has 104 valence electrons. The van der Waals surface area contributed by atoms with Crippen LogP contribution < -0.4 is 11.1 Å². The Labute approximate surface area is 116 Å². The van der Waals surface area contributed by atoms with Crippen LogP contribution in [0.3, 0.4) is 0 Å². The summed E-state index contributed by atoms with van der Waals surface area (Å²) >= 11 is 0. The molecule has 0 aliphatic rings. The number of benzene rings is 2. The standard InChI is InChI=1S/C15H15FN2O2/c16-12-7-11(8-13(17)9-12)15(20)18-6-5-10-1-3-14(19)4-2-10/h1-4,7-9,19H,5-6,17H2,(H,18,20). The average molecular weight is 274 g/mol. The number of rotatable bonds is 4. The van der Waals surface area contributed by atoms with Crippen molar-refractivity contribution in [1.29, 1.82) is 0 Å². The highest BCUT2D eigenvalue weighted by atomic mass is 19.1. The number of phenolic OH excluding ortho intramolecular Hbond substituents is 1. The number of nitrogens with two attached hydrogens (primary N) is 1. The molecule has 0 aliphatic heterocycles. The normalized spacial score (nSPS) is 10.2. The van der Waals surface area contributed by atoms with Gasteiger partial charge in [0.15, 0.2) is 0 Å². The van der Waals surface area contributed by atoms with Crippen LogP contribution in [0.1, 0.15) is 15.9 Å². The molecule has 2 rings (SSSR count). The van der Waals surface area contributed by atoms with Gasteiger partial charge in [-0.1, -0.05) is 12.1 Å². The highest BCUT2D eigenvalue weighted by molar-refractivity contribution is 5.95. The van der Waals surface area contributed by atoms with Crippen LogP contribution in [0.5, 0.6) is 5.75 Å². The van der Waals surface area contributed by atoms with Crippen molar-refractivity contribution in [2.75, 3.05) is 12.3 Å². The Bertz CT molecular complexity index is 592. The number of halogens is 1. The first-order valence-corrected chi connectivity index (χ1v) is 6.17. The van der Waals surface area contributed by atoms with Crippen LogP contribution in [0.25, 0.3) is 0 Å². The molecule has 0 bridgehead atoms. The van der Waals surface area contributed by atoms with E-state index in [1.54, 1.807) is 24.3 Å². The van der Waals surface area contributed by atoms with Crippen LogP contribution in [0, 0.1) is 5.82 Å². The topological polar surface area (TPSA) is 75.4 Å². The van der Waals surface area contributed by atoms with Gasteiger partial charge in [0.2, 0.25) is 0 Å². The van der Waals surface area contributed by atoms with Crippen molar-refractivity contribution in [2.45, 2.75) is 6.42 Å². The number of anilines is 1. The van der Waals surface area contributed by atoms with Crippen LogP contribution in [0.4, 0.5) is 10.1 Å². The summed E-state index contributed by atoms with van der Waals surface area (Å²) in [4.78, 5) is 11.8. The molecule has 0 unspecified atom stereocenters. The minimum Gasteiger partial charge on any atom is -0.508 e. The van der Waals surface area contributed by atoms with E-state index in [9.17, 15) is 9.18 Å². The Hall–Kier alpha value is -2.56. The molecule has 4 nitrogen and oxygen atoms in total. The summed E-state index contributed by atoms with van der Waals surface area (Å²) in [6.07, 6.45) is 0.622. The zero-order chi connectivity index (χ0) is 14.5. The number of hydrogen-bond donors (Lipinski definition) is 3. The van der Waals surface area contributed by atoms with Gasteiger partial charge in [-0.15, -0.1) is 0 Å². The largest absolute Gasteiger partial charge is 0.508 e. The van der Waals surface area contributed by atoms with Gasteiger partial charge in [-0.25, -0.2) is 4.39 Å². The highest BCUT2D eigenvalue weighted by Crippen LogP contribution is 2.11. The first kappa shape index (κ1) is 13.9.